The lowest BCUT2D eigenvalue weighted by Gasteiger charge is -2.19. The quantitative estimate of drug-likeness (QED) is 0.587. The molecule has 158 valence electrons. The molecule has 1 amide bonds. The largest absolute Gasteiger partial charge is 0.493 e. The minimum Gasteiger partial charge on any atom is -0.493 e. The minimum absolute atomic E-state index is 0.110. The Balaban J connectivity index is 1.77. The van der Waals surface area contributed by atoms with E-state index in [-0.39, 0.29) is 5.41 Å². The van der Waals surface area contributed by atoms with E-state index in [9.17, 15) is 4.79 Å². The Morgan fingerprint density at radius 3 is 2.38 bits per heavy atom. The zero-order chi connectivity index (χ0) is 21.3. The van der Waals surface area contributed by atoms with Crippen molar-refractivity contribution < 1.29 is 18.5 Å². The normalized spacial score (nSPS) is 11.1. The summed E-state index contributed by atoms with van der Waals surface area (Å²) < 4.78 is 16.0. The Kier molecular flexibility index (Phi) is 8.67. The van der Waals surface area contributed by atoms with Crippen LogP contribution >= 0.6 is 12.0 Å². The van der Waals surface area contributed by atoms with Crippen LogP contribution in [0, 0.1) is 0 Å². The monoisotopic (exact) mass is 418 g/mol. The summed E-state index contributed by atoms with van der Waals surface area (Å²) in [7, 11) is 1.58. The standard InChI is InChI=1S/C22H30N2O4S/c1-22(2,3)18-8-5-16(6-9-18)14-24-21(25)28-29-15-17-7-10-19(27-12-11-23)20(13-17)26-4/h5-10,13H,11-12,14-15,23H2,1-4H3,(H,24,25). The van der Waals surface area contributed by atoms with Gasteiger partial charge in [0.05, 0.1) is 24.9 Å². The molecule has 0 bridgehead atoms. The van der Waals surface area contributed by atoms with Crippen LogP contribution in [0.1, 0.15) is 37.5 Å². The van der Waals surface area contributed by atoms with Crippen molar-refractivity contribution in [3.63, 3.8) is 0 Å². The van der Waals surface area contributed by atoms with Gasteiger partial charge in [0, 0.05) is 13.1 Å². The van der Waals surface area contributed by atoms with E-state index in [0.29, 0.717) is 36.9 Å². The highest BCUT2D eigenvalue weighted by molar-refractivity contribution is 7.94. The number of nitrogens with two attached hydrogens (primary N) is 1. The van der Waals surface area contributed by atoms with Crippen LogP contribution in [0.2, 0.25) is 0 Å². The van der Waals surface area contributed by atoms with E-state index in [1.165, 1.54) is 5.56 Å². The number of nitrogens with one attached hydrogen (secondary N) is 1. The van der Waals surface area contributed by atoms with Crippen molar-refractivity contribution in [1.29, 1.82) is 0 Å². The summed E-state index contributed by atoms with van der Waals surface area (Å²) in [6.07, 6.45) is -0.468. The molecule has 0 radical (unpaired) electrons. The number of hydrogen-bond acceptors (Lipinski definition) is 6. The molecular weight excluding hydrogens is 388 g/mol. The van der Waals surface area contributed by atoms with Gasteiger partial charge in [-0.25, -0.2) is 4.79 Å². The number of carbonyl (C=O) groups is 1. The Morgan fingerprint density at radius 1 is 1.07 bits per heavy atom. The predicted octanol–water partition coefficient (Wildman–Crippen LogP) is 4.40. The van der Waals surface area contributed by atoms with E-state index in [1.54, 1.807) is 7.11 Å². The summed E-state index contributed by atoms with van der Waals surface area (Å²) in [6, 6.07) is 13.8. The van der Waals surface area contributed by atoms with E-state index in [2.05, 4.69) is 38.2 Å². The van der Waals surface area contributed by atoms with Crippen LogP contribution in [0.3, 0.4) is 0 Å². The summed E-state index contributed by atoms with van der Waals surface area (Å²) in [4.78, 5) is 11.9. The Morgan fingerprint density at radius 2 is 1.76 bits per heavy atom. The van der Waals surface area contributed by atoms with Crippen molar-refractivity contribution in [3.05, 3.63) is 59.2 Å². The van der Waals surface area contributed by atoms with Crippen LogP contribution in [0.15, 0.2) is 42.5 Å². The van der Waals surface area contributed by atoms with Crippen molar-refractivity contribution in [3.8, 4) is 11.5 Å². The van der Waals surface area contributed by atoms with E-state index < -0.39 is 6.09 Å². The lowest BCUT2D eigenvalue weighted by atomic mass is 9.87. The molecule has 0 saturated carbocycles. The van der Waals surface area contributed by atoms with Crippen molar-refractivity contribution >= 4 is 18.1 Å². The summed E-state index contributed by atoms with van der Waals surface area (Å²) in [5, 5.41) is 2.76. The summed E-state index contributed by atoms with van der Waals surface area (Å²) in [6.45, 7) is 7.80. The molecular formula is C22H30N2O4S. The number of ether oxygens (including phenoxy) is 2. The average Bonchev–Trinajstić information content (AvgIpc) is 2.70. The molecule has 2 rings (SSSR count). The van der Waals surface area contributed by atoms with Crippen LogP contribution in [0.25, 0.3) is 0 Å². The highest BCUT2D eigenvalue weighted by Crippen LogP contribution is 2.29. The third-order valence-electron chi connectivity index (χ3n) is 4.22. The van der Waals surface area contributed by atoms with Gasteiger partial charge in [-0.2, -0.15) is 0 Å². The molecule has 7 heteroatoms. The minimum atomic E-state index is -0.468. The molecule has 0 unspecified atom stereocenters. The molecule has 0 aromatic heterocycles. The van der Waals surface area contributed by atoms with E-state index in [0.717, 1.165) is 23.2 Å². The van der Waals surface area contributed by atoms with Gasteiger partial charge in [-0.3, -0.25) is 0 Å². The molecule has 2 aromatic carbocycles. The van der Waals surface area contributed by atoms with Crippen LogP contribution in [0.4, 0.5) is 4.79 Å². The maximum Gasteiger partial charge on any atom is 0.419 e. The van der Waals surface area contributed by atoms with Crippen LogP contribution < -0.4 is 20.5 Å². The zero-order valence-electron chi connectivity index (χ0n) is 17.5. The molecule has 3 N–H and O–H groups in total. The van der Waals surface area contributed by atoms with E-state index in [1.807, 2.05) is 30.3 Å². The second-order valence-corrected chi connectivity index (χ2v) is 8.25. The van der Waals surface area contributed by atoms with Gasteiger partial charge >= 0.3 is 6.09 Å². The van der Waals surface area contributed by atoms with Crippen molar-refractivity contribution in [2.24, 2.45) is 5.73 Å². The summed E-state index contributed by atoms with van der Waals surface area (Å²) >= 11 is 1.07. The maximum absolute atomic E-state index is 11.9. The zero-order valence-corrected chi connectivity index (χ0v) is 18.3. The number of rotatable bonds is 9. The fourth-order valence-corrected chi connectivity index (χ4v) is 3.11. The fourth-order valence-electron chi connectivity index (χ4n) is 2.57. The Hall–Kier alpha value is -2.38. The number of benzene rings is 2. The molecule has 0 spiro atoms. The SMILES string of the molecule is COc1cc(CSOC(=O)NCc2ccc(C(C)(C)C)cc2)ccc1OCCN. The second kappa shape index (κ2) is 11.0. The summed E-state index contributed by atoms with van der Waals surface area (Å²) in [5.41, 5.74) is 8.80. The lowest BCUT2D eigenvalue weighted by molar-refractivity contribution is 0.208. The average molecular weight is 419 g/mol. The van der Waals surface area contributed by atoms with Gasteiger partial charge in [0.2, 0.25) is 0 Å². The third kappa shape index (κ3) is 7.51. The van der Waals surface area contributed by atoms with Gasteiger partial charge in [0.25, 0.3) is 0 Å². The van der Waals surface area contributed by atoms with Gasteiger partial charge in [-0.05, 0) is 34.2 Å². The number of hydrogen-bond donors (Lipinski definition) is 2. The highest BCUT2D eigenvalue weighted by atomic mass is 32.2. The molecule has 2 aromatic rings. The van der Waals surface area contributed by atoms with Crippen LogP contribution in [-0.2, 0) is 21.9 Å². The molecule has 0 saturated heterocycles. The maximum atomic E-state index is 11.9. The first kappa shape index (κ1) is 22.9. The Labute approximate surface area is 177 Å². The number of carbonyl (C=O) groups excluding carboxylic acids is 1. The van der Waals surface area contributed by atoms with Crippen molar-refractivity contribution in [2.75, 3.05) is 20.3 Å². The molecule has 6 nitrogen and oxygen atoms in total. The molecule has 0 aliphatic carbocycles. The molecule has 0 heterocycles. The molecule has 29 heavy (non-hydrogen) atoms. The molecule has 0 aliphatic heterocycles. The van der Waals surface area contributed by atoms with E-state index >= 15 is 0 Å². The van der Waals surface area contributed by atoms with Gasteiger partial charge in [-0.15, -0.1) is 0 Å². The summed E-state index contributed by atoms with van der Waals surface area (Å²) in [5.74, 6) is 1.77. The highest BCUT2D eigenvalue weighted by Gasteiger charge is 2.13. The molecule has 0 aliphatic rings. The fraction of sp³-hybridized carbons (Fsp3) is 0.409. The first-order chi connectivity index (χ1) is 13.8. The van der Waals surface area contributed by atoms with Gasteiger partial charge < -0.3 is 24.7 Å². The topological polar surface area (TPSA) is 82.8 Å². The first-order valence-corrected chi connectivity index (χ1v) is 10.4. The number of methoxy groups -OCH3 is 1. The van der Waals surface area contributed by atoms with Crippen LogP contribution in [-0.4, -0.2) is 26.4 Å². The predicted molar refractivity (Wildman–Crippen MR) is 117 cm³/mol. The van der Waals surface area contributed by atoms with Crippen molar-refractivity contribution in [2.45, 2.75) is 38.5 Å². The van der Waals surface area contributed by atoms with E-state index in [4.69, 9.17) is 19.4 Å². The van der Waals surface area contributed by atoms with Gasteiger partial charge in [0.15, 0.2) is 11.5 Å². The molecule has 0 atom stereocenters. The lowest BCUT2D eigenvalue weighted by Crippen LogP contribution is -2.21. The Bertz CT molecular complexity index is 788. The first-order valence-electron chi connectivity index (χ1n) is 9.50. The van der Waals surface area contributed by atoms with Gasteiger partial charge in [0.1, 0.15) is 6.61 Å². The van der Waals surface area contributed by atoms with Crippen molar-refractivity contribution in [1.82, 2.24) is 5.32 Å². The number of amides is 1. The smallest absolute Gasteiger partial charge is 0.419 e. The molecule has 0 fully saturated rings. The van der Waals surface area contributed by atoms with Gasteiger partial charge in [-0.1, -0.05) is 51.1 Å². The second-order valence-electron chi connectivity index (χ2n) is 7.56. The third-order valence-corrected chi connectivity index (χ3v) is 4.94. The van der Waals surface area contributed by atoms with Crippen LogP contribution in [0.5, 0.6) is 11.5 Å².